The summed E-state index contributed by atoms with van der Waals surface area (Å²) in [4.78, 5) is 2.53. The van der Waals surface area contributed by atoms with Crippen molar-refractivity contribution < 1.29 is 9.47 Å². The predicted molar refractivity (Wildman–Crippen MR) is 79.4 cm³/mol. The number of rotatable bonds is 8. The van der Waals surface area contributed by atoms with Gasteiger partial charge in [-0.2, -0.15) is 0 Å². The van der Waals surface area contributed by atoms with Gasteiger partial charge in [-0.15, -0.1) is 0 Å². The van der Waals surface area contributed by atoms with E-state index in [0.29, 0.717) is 18.7 Å². The van der Waals surface area contributed by atoms with E-state index < -0.39 is 0 Å². The first kappa shape index (κ1) is 16.9. The molecule has 4 nitrogen and oxygen atoms in total. The summed E-state index contributed by atoms with van der Waals surface area (Å²) in [5.74, 6) is 0. The third-order valence-electron chi connectivity index (χ3n) is 4.29. The Bertz CT molecular complexity index is 246. The van der Waals surface area contributed by atoms with Crippen LogP contribution in [-0.2, 0) is 9.47 Å². The topological polar surface area (TPSA) is 47.7 Å². The molecule has 114 valence electrons. The predicted octanol–water partition coefficient (Wildman–Crippen LogP) is 2.02. The minimum absolute atomic E-state index is 0.0881. The molecule has 0 aliphatic carbocycles. The first-order valence-corrected chi connectivity index (χ1v) is 7.67. The summed E-state index contributed by atoms with van der Waals surface area (Å²) >= 11 is 0. The van der Waals surface area contributed by atoms with Gasteiger partial charge in [0, 0.05) is 38.4 Å². The lowest BCUT2D eigenvalue weighted by molar-refractivity contribution is -0.0868. The van der Waals surface area contributed by atoms with Crippen molar-refractivity contribution in [2.24, 2.45) is 5.73 Å². The second kappa shape index (κ2) is 8.20. The molecule has 0 aromatic heterocycles. The van der Waals surface area contributed by atoms with Crippen LogP contribution in [0.15, 0.2) is 0 Å². The molecule has 1 fully saturated rings. The SMILES string of the molecule is CCCC1CC(CN)(N(CCOC)C(C)C)CCO1. The van der Waals surface area contributed by atoms with Crippen LogP contribution in [0.25, 0.3) is 0 Å². The summed E-state index contributed by atoms with van der Waals surface area (Å²) in [7, 11) is 1.76. The van der Waals surface area contributed by atoms with E-state index in [1.165, 1.54) is 6.42 Å². The van der Waals surface area contributed by atoms with Gasteiger partial charge in [-0.3, -0.25) is 4.90 Å². The van der Waals surface area contributed by atoms with E-state index in [0.717, 1.165) is 39.0 Å². The van der Waals surface area contributed by atoms with Crippen molar-refractivity contribution in [3.8, 4) is 0 Å². The van der Waals surface area contributed by atoms with Gasteiger partial charge in [0.15, 0.2) is 0 Å². The highest BCUT2D eigenvalue weighted by Gasteiger charge is 2.41. The molecular weight excluding hydrogens is 240 g/mol. The summed E-state index contributed by atoms with van der Waals surface area (Å²) in [5, 5.41) is 0. The Balaban J connectivity index is 2.79. The van der Waals surface area contributed by atoms with Gasteiger partial charge in [-0.1, -0.05) is 13.3 Å². The van der Waals surface area contributed by atoms with E-state index in [-0.39, 0.29) is 5.54 Å². The maximum Gasteiger partial charge on any atom is 0.0593 e. The lowest BCUT2D eigenvalue weighted by Gasteiger charge is -2.50. The van der Waals surface area contributed by atoms with Crippen LogP contribution in [0.2, 0.25) is 0 Å². The fourth-order valence-electron chi connectivity index (χ4n) is 3.30. The van der Waals surface area contributed by atoms with Crippen molar-refractivity contribution in [3.05, 3.63) is 0 Å². The quantitative estimate of drug-likeness (QED) is 0.734. The number of hydrogen-bond donors (Lipinski definition) is 1. The Morgan fingerprint density at radius 3 is 2.74 bits per heavy atom. The number of ether oxygens (including phenoxy) is 2. The molecule has 1 saturated heterocycles. The monoisotopic (exact) mass is 272 g/mol. The van der Waals surface area contributed by atoms with Gasteiger partial charge in [-0.05, 0) is 33.1 Å². The average Bonchev–Trinajstić information content (AvgIpc) is 2.39. The number of nitrogens with zero attached hydrogens (tertiary/aromatic N) is 1. The molecule has 0 radical (unpaired) electrons. The fourth-order valence-corrected chi connectivity index (χ4v) is 3.30. The molecule has 1 rings (SSSR count). The highest BCUT2D eigenvalue weighted by molar-refractivity contribution is 4.97. The molecule has 2 atom stereocenters. The molecule has 4 heteroatoms. The average molecular weight is 272 g/mol. The van der Waals surface area contributed by atoms with Crippen molar-refractivity contribution in [3.63, 3.8) is 0 Å². The van der Waals surface area contributed by atoms with Crippen LogP contribution in [0.3, 0.4) is 0 Å². The van der Waals surface area contributed by atoms with Crippen molar-refractivity contribution in [1.82, 2.24) is 4.90 Å². The molecule has 2 unspecified atom stereocenters. The lowest BCUT2D eigenvalue weighted by atomic mass is 9.82. The molecule has 1 heterocycles. The molecule has 2 N–H and O–H groups in total. The van der Waals surface area contributed by atoms with Crippen LogP contribution in [0, 0.1) is 0 Å². The summed E-state index contributed by atoms with van der Waals surface area (Å²) < 4.78 is 11.2. The van der Waals surface area contributed by atoms with E-state index in [9.17, 15) is 0 Å². The van der Waals surface area contributed by atoms with Gasteiger partial charge < -0.3 is 15.2 Å². The van der Waals surface area contributed by atoms with Crippen LogP contribution in [0.5, 0.6) is 0 Å². The minimum Gasteiger partial charge on any atom is -0.383 e. The zero-order valence-electron chi connectivity index (χ0n) is 13.2. The summed E-state index contributed by atoms with van der Waals surface area (Å²) in [6.07, 6.45) is 4.76. The van der Waals surface area contributed by atoms with Crippen LogP contribution in [-0.4, -0.2) is 56.0 Å². The molecule has 0 spiro atoms. The Labute approximate surface area is 118 Å². The Morgan fingerprint density at radius 1 is 1.47 bits per heavy atom. The van der Waals surface area contributed by atoms with Crippen molar-refractivity contribution in [1.29, 1.82) is 0 Å². The second-order valence-electron chi connectivity index (χ2n) is 5.94. The smallest absolute Gasteiger partial charge is 0.0593 e. The largest absolute Gasteiger partial charge is 0.383 e. The second-order valence-corrected chi connectivity index (χ2v) is 5.94. The molecule has 0 amide bonds. The first-order valence-electron chi connectivity index (χ1n) is 7.67. The summed E-state index contributed by atoms with van der Waals surface area (Å²) in [6, 6.07) is 0.485. The normalized spacial score (nSPS) is 28.3. The molecule has 1 aliphatic heterocycles. The van der Waals surface area contributed by atoms with Crippen LogP contribution in [0.1, 0.15) is 46.5 Å². The van der Waals surface area contributed by atoms with Gasteiger partial charge in [0.05, 0.1) is 12.7 Å². The van der Waals surface area contributed by atoms with Crippen LogP contribution in [0.4, 0.5) is 0 Å². The highest BCUT2D eigenvalue weighted by atomic mass is 16.5. The van der Waals surface area contributed by atoms with E-state index in [1.54, 1.807) is 7.11 Å². The van der Waals surface area contributed by atoms with Gasteiger partial charge in [0.2, 0.25) is 0 Å². The standard InChI is InChI=1S/C15H32N2O2/c1-5-6-14-11-15(12-16,7-9-19-14)17(13(2)3)8-10-18-4/h13-14H,5-12,16H2,1-4H3. The molecule has 0 aromatic carbocycles. The van der Waals surface area contributed by atoms with E-state index >= 15 is 0 Å². The van der Waals surface area contributed by atoms with Crippen LogP contribution < -0.4 is 5.73 Å². The third kappa shape index (κ3) is 4.42. The van der Waals surface area contributed by atoms with Gasteiger partial charge >= 0.3 is 0 Å². The van der Waals surface area contributed by atoms with Gasteiger partial charge in [0.25, 0.3) is 0 Å². The van der Waals surface area contributed by atoms with E-state index in [2.05, 4.69) is 25.7 Å². The molecule has 1 aliphatic rings. The molecular formula is C15H32N2O2. The minimum atomic E-state index is 0.0881. The van der Waals surface area contributed by atoms with Crippen molar-refractivity contribution in [2.45, 2.75) is 64.1 Å². The molecule has 0 saturated carbocycles. The van der Waals surface area contributed by atoms with E-state index in [4.69, 9.17) is 15.2 Å². The number of methoxy groups -OCH3 is 1. The van der Waals surface area contributed by atoms with E-state index in [1.807, 2.05) is 0 Å². The Morgan fingerprint density at radius 2 is 2.21 bits per heavy atom. The van der Waals surface area contributed by atoms with Crippen molar-refractivity contribution >= 4 is 0 Å². The maximum atomic E-state index is 6.17. The summed E-state index contributed by atoms with van der Waals surface area (Å²) in [6.45, 7) is 9.96. The van der Waals surface area contributed by atoms with Gasteiger partial charge in [0.1, 0.15) is 0 Å². The number of hydrogen-bond acceptors (Lipinski definition) is 4. The molecule has 0 aromatic rings. The summed E-state index contributed by atoms with van der Waals surface area (Å²) in [5.41, 5.74) is 6.26. The highest BCUT2D eigenvalue weighted by Crippen LogP contribution is 2.33. The fraction of sp³-hybridized carbons (Fsp3) is 1.00. The Hall–Kier alpha value is -0.160. The first-order chi connectivity index (χ1) is 9.09. The third-order valence-corrected chi connectivity index (χ3v) is 4.29. The van der Waals surface area contributed by atoms with Gasteiger partial charge in [-0.25, -0.2) is 0 Å². The van der Waals surface area contributed by atoms with Crippen molar-refractivity contribution in [2.75, 3.05) is 33.4 Å². The van der Waals surface area contributed by atoms with Crippen LogP contribution >= 0.6 is 0 Å². The lowest BCUT2D eigenvalue weighted by Crippen LogP contribution is -2.61. The maximum absolute atomic E-state index is 6.17. The Kier molecular flexibility index (Phi) is 7.29. The molecule has 0 bridgehead atoms. The number of nitrogens with two attached hydrogens (primary N) is 1. The molecule has 19 heavy (non-hydrogen) atoms. The zero-order valence-corrected chi connectivity index (χ0v) is 13.2. The zero-order chi connectivity index (χ0) is 14.3.